The molecule has 0 rings (SSSR count). The summed E-state index contributed by atoms with van der Waals surface area (Å²) in [5, 5.41) is 8.99. The minimum atomic E-state index is -0.921. The number of allylic oxidation sites excluding steroid dienone is 2. The number of carbonyl (C=O) groups is 2. The number of unbranched alkanes of at least 4 members (excludes halogenated alkanes) is 13. The molecule has 1 unspecified atom stereocenters. The average molecular weight is 425 g/mol. The van der Waals surface area contributed by atoms with Crippen LogP contribution in [-0.4, -0.2) is 23.7 Å². The molecule has 0 spiro atoms. The Morgan fingerprint density at radius 3 is 1.73 bits per heavy atom. The molecule has 0 aromatic heterocycles. The van der Waals surface area contributed by atoms with Crippen LogP contribution >= 0.6 is 0 Å². The van der Waals surface area contributed by atoms with Crippen molar-refractivity contribution >= 4 is 11.9 Å². The summed E-state index contributed by atoms with van der Waals surface area (Å²) in [7, 11) is 0. The number of hydrogen-bond donors (Lipinski definition) is 1. The minimum absolute atomic E-state index is 0.115. The average Bonchev–Trinajstić information content (AvgIpc) is 2.73. The van der Waals surface area contributed by atoms with Crippen LogP contribution in [0.3, 0.4) is 0 Å². The van der Waals surface area contributed by atoms with Crippen LogP contribution in [0, 0.1) is 5.92 Å². The Labute approximate surface area is 185 Å². The monoisotopic (exact) mass is 424 g/mol. The highest BCUT2D eigenvalue weighted by atomic mass is 16.5. The summed E-state index contributed by atoms with van der Waals surface area (Å²) in [4.78, 5) is 22.9. The van der Waals surface area contributed by atoms with Crippen LogP contribution in [0.2, 0.25) is 0 Å². The lowest BCUT2D eigenvalue weighted by atomic mass is 9.97. The highest BCUT2D eigenvalue weighted by Gasteiger charge is 2.22. The van der Waals surface area contributed by atoms with Crippen molar-refractivity contribution in [2.75, 3.05) is 6.61 Å². The number of esters is 1. The van der Waals surface area contributed by atoms with E-state index in [9.17, 15) is 9.59 Å². The maximum absolute atomic E-state index is 12.0. The van der Waals surface area contributed by atoms with E-state index in [4.69, 9.17) is 9.84 Å². The molecule has 176 valence electrons. The number of carbonyl (C=O) groups excluding carboxylic acids is 1. The Morgan fingerprint density at radius 1 is 0.733 bits per heavy atom. The van der Waals surface area contributed by atoms with E-state index in [1.807, 2.05) is 6.92 Å². The van der Waals surface area contributed by atoms with Gasteiger partial charge in [-0.1, -0.05) is 96.6 Å². The molecule has 0 fully saturated rings. The molecule has 30 heavy (non-hydrogen) atoms. The lowest BCUT2D eigenvalue weighted by Crippen LogP contribution is -2.21. The standard InChI is InChI=1S/C26H48O4/c1-3-5-6-7-8-9-10-11-12-13-14-15-16-17-18-19-20-21-24(23-25(27)28)26(29)30-22-4-2/h10-11,24H,3-9,12-23H2,1-2H3,(H,27,28)/b11-10+. The molecule has 0 aromatic rings. The van der Waals surface area contributed by atoms with Gasteiger partial charge in [0.15, 0.2) is 0 Å². The van der Waals surface area contributed by atoms with Crippen molar-refractivity contribution in [1.82, 2.24) is 0 Å². The van der Waals surface area contributed by atoms with Gasteiger partial charge in [0.05, 0.1) is 18.9 Å². The van der Waals surface area contributed by atoms with Crippen LogP contribution in [0.5, 0.6) is 0 Å². The van der Waals surface area contributed by atoms with Crippen LogP contribution in [-0.2, 0) is 14.3 Å². The zero-order valence-corrected chi connectivity index (χ0v) is 19.8. The molecule has 0 aromatic carbocycles. The molecular formula is C26H48O4. The maximum atomic E-state index is 12.0. The smallest absolute Gasteiger partial charge is 0.309 e. The molecule has 0 radical (unpaired) electrons. The van der Waals surface area contributed by atoms with Gasteiger partial charge in [0, 0.05) is 0 Å². The first kappa shape index (κ1) is 28.7. The van der Waals surface area contributed by atoms with Gasteiger partial charge in [-0.25, -0.2) is 0 Å². The number of ether oxygens (including phenoxy) is 1. The van der Waals surface area contributed by atoms with Crippen molar-refractivity contribution in [3.63, 3.8) is 0 Å². The topological polar surface area (TPSA) is 63.6 Å². The molecular weight excluding hydrogens is 376 g/mol. The quantitative estimate of drug-likeness (QED) is 0.109. The van der Waals surface area contributed by atoms with E-state index in [1.165, 1.54) is 83.5 Å². The fourth-order valence-corrected chi connectivity index (χ4v) is 3.65. The molecule has 0 amide bonds. The second kappa shape index (κ2) is 22.4. The summed E-state index contributed by atoms with van der Waals surface area (Å²) in [5.74, 6) is -1.75. The predicted molar refractivity (Wildman–Crippen MR) is 126 cm³/mol. The summed E-state index contributed by atoms with van der Waals surface area (Å²) in [6, 6.07) is 0. The van der Waals surface area contributed by atoms with Crippen LogP contribution in [0.1, 0.15) is 129 Å². The fraction of sp³-hybridized carbons (Fsp3) is 0.846. The summed E-state index contributed by atoms with van der Waals surface area (Å²) in [5.41, 5.74) is 0. The first-order valence-corrected chi connectivity index (χ1v) is 12.6. The summed E-state index contributed by atoms with van der Waals surface area (Å²) >= 11 is 0. The Hall–Kier alpha value is -1.32. The summed E-state index contributed by atoms with van der Waals surface area (Å²) < 4.78 is 5.13. The zero-order chi connectivity index (χ0) is 22.3. The van der Waals surface area contributed by atoms with Gasteiger partial charge in [-0.15, -0.1) is 0 Å². The first-order chi connectivity index (χ1) is 14.6. The first-order valence-electron chi connectivity index (χ1n) is 12.6. The maximum Gasteiger partial charge on any atom is 0.309 e. The second-order valence-electron chi connectivity index (χ2n) is 8.54. The van der Waals surface area contributed by atoms with Crippen molar-refractivity contribution < 1.29 is 19.4 Å². The normalized spacial score (nSPS) is 12.3. The third kappa shape index (κ3) is 20.0. The van der Waals surface area contributed by atoms with Crippen LogP contribution in [0.25, 0.3) is 0 Å². The molecule has 0 aliphatic rings. The van der Waals surface area contributed by atoms with Gasteiger partial charge in [0.25, 0.3) is 0 Å². The largest absolute Gasteiger partial charge is 0.481 e. The highest BCUT2D eigenvalue weighted by Crippen LogP contribution is 2.18. The van der Waals surface area contributed by atoms with Gasteiger partial charge in [0.1, 0.15) is 0 Å². The van der Waals surface area contributed by atoms with E-state index >= 15 is 0 Å². The molecule has 0 aliphatic heterocycles. The molecule has 0 bridgehead atoms. The van der Waals surface area contributed by atoms with Crippen LogP contribution < -0.4 is 0 Å². The second-order valence-corrected chi connectivity index (χ2v) is 8.54. The number of rotatable bonds is 22. The predicted octanol–water partition coefficient (Wildman–Crippen LogP) is 7.85. The van der Waals surface area contributed by atoms with Gasteiger partial charge < -0.3 is 9.84 Å². The number of carboxylic acids is 1. The van der Waals surface area contributed by atoms with E-state index in [-0.39, 0.29) is 12.4 Å². The Balaban J connectivity index is 3.52. The van der Waals surface area contributed by atoms with E-state index in [1.54, 1.807) is 0 Å². The highest BCUT2D eigenvalue weighted by molar-refractivity contribution is 5.79. The van der Waals surface area contributed by atoms with Crippen molar-refractivity contribution in [2.45, 2.75) is 129 Å². The molecule has 0 heterocycles. The third-order valence-corrected chi connectivity index (χ3v) is 5.52. The van der Waals surface area contributed by atoms with Gasteiger partial charge in [-0.3, -0.25) is 9.59 Å². The van der Waals surface area contributed by atoms with Gasteiger partial charge in [-0.05, 0) is 38.5 Å². The van der Waals surface area contributed by atoms with Gasteiger partial charge in [0.2, 0.25) is 0 Å². The minimum Gasteiger partial charge on any atom is -0.481 e. The molecule has 0 aliphatic carbocycles. The summed E-state index contributed by atoms with van der Waals surface area (Å²) in [6.45, 7) is 4.57. The summed E-state index contributed by atoms with van der Waals surface area (Å²) in [6.07, 6.45) is 24.8. The van der Waals surface area contributed by atoms with E-state index < -0.39 is 11.9 Å². The van der Waals surface area contributed by atoms with Gasteiger partial charge in [-0.2, -0.15) is 0 Å². The van der Waals surface area contributed by atoms with Crippen molar-refractivity contribution in [3.8, 4) is 0 Å². The van der Waals surface area contributed by atoms with Crippen LogP contribution in [0.4, 0.5) is 0 Å². The molecule has 1 N–H and O–H groups in total. The molecule has 0 saturated heterocycles. The Bertz CT molecular complexity index is 431. The fourth-order valence-electron chi connectivity index (χ4n) is 3.65. The molecule has 0 saturated carbocycles. The Morgan fingerprint density at radius 2 is 1.23 bits per heavy atom. The lowest BCUT2D eigenvalue weighted by Gasteiger charge is -2.13. The van der Waals surface area contributed by atoms with E-state index in [0.29, 0.717) is 13.0 Å². The SMILES string of the molecule is CCCCCCC/C=C/CCCCCCCCCCC(CC(=O)O)C(=O)OCCC. The van der Waals surface area contributed by atoms with Crippen molar-refractivity contribution in [3.05, 3.63) is 12.2 Å². The van der Waals surface area contributed by atoms with E-state index in [2.05, 4.69) is 19.1 Å². The number of hydrogen-bond acceptors (Lipinski definition) is 3. The third-order valence-electron chi connectivity index (χ3n) is 5.52. The van der Waals surface area contributed by atoms with Crippen LogP contribution in [0.15, 0.2) is 12.2 Å². The molecule has 4 heteroatoms. The number of carboxylic acid groups (broad SMARTS) is 1. The van der Waals surface area contributed by atoms with Crippen molar-refractivity contribution in [1.29, 1.82) is 0 Å². The van der Waals surface area contributed by atoms with Crippen molar-refractivity contribution in [2.24, 2.45) is 5.92 Å². The van der Waals surface area contributed by atoms with Gasteiger partial charge >= 0.3 is 11.9 Å². The Kier molecular flexibility index (Phi) is 21.4. The zero-order valence-electron chi connectivity index (χ0n) is 19.8. The molecule has 1 atom stereocenters. The molecule has 4 nitrogen and oxygen atoms in total. The number of aliphatic carboxylic acids is 1. The van der Waals surface area contributed by atoms with E-state index in [0.717, 1.165) is 19.3 Å². The lowest BCUT2D eigenvalue weighted by molar-refractivity contribution is -0.153.